The smallest absolute Gasteiger partial charge is 0.319 e. The minimum Gasteiger partial charge on any atom is -0.319 e. The third-order valence-electron chi connectivity index (χ3n) is 3.23. The maximum Gasteiger partial charge on any atom is 0.416 e. The zero-order valence-corrected chi connectivity index (χ0v) is 12.7. The van der Waals surface area contributed by atoms with Gasteiger partial charge >= 0.3 is 6.18 Å². The molecule has 0 saturated carbocycles. The van der Waals surface area contributed by atoms with E-state index in [2.05, 4.69) is 10.3 Å². The first-order valence-electron chi connectivity index (χ1n) is 6.33. The first-order chi connectivity index (χ1) is 10.8. The quantitative estimate of drug-likeness (QED) is 0.758. The van der Waals surface area contributed by atoms with Gasteiger partial charge < -0.3 is 5.32 Å². The van der Waals surface area contributed by atoms with Crippen molar-refractivity contribution in [2.75, 3.05) is 5.32 Å². The van der Waals surface area contributed by atoms with E-state index in [1.165, 1.54) is 0 Å². The Labute approximate surface area is 138 Å². The van der Waals surface area contributed by atoms with Crippen molar-refractivity contribution in [3.63, 3.8) is 0 Å². The van der Waals surface area contributed by atoms with Gasteiger partial charge in [-0.3, -0.25) is 4.79 Å². The number of benzene rings is 2. The number of alkyl halides is 3. The second kappa shape index (κ2) is 5.54. The summed E-state index contributed by atoms with van der Waals surface area (Å²) in [4.78, 5) is 16.0. The fourth-order valence-electron chi connectivity index (χ4n) is 2.15. The van der Waals surface area contributed by atoms with Crippen LogP contribution in [0.4, 0.5) is 24.5 Å². The van der Waals surface area contributed by atoms with Gasteiger partial charge in [0.05, 0.1) is 27.0 Å². The lowest BCUT2D eigenvalue weighted by Gasteiger charge is -2.08. The Morgan fingerprint density at radius 1 is 1.04 bits per heavy atom. The van der Waals surface area contributed by atoms with E-state index in [1.807, 2.05) is 0 Å². The minimum atomic E-state index is -4.53. The highest BCUT2D eigenvalue weighted by molar-refractivity contribution is 6.56. The van der Waals surface area contributed by atoms with Crippen molar-refractivity contribution in [2.24, 2.45) is 4.99 Å². The molecule has 2 aromatic carbocycles. The molecule has 8 heteroatoms. The fraction of sp³-hybridized carbons (Fsp3) is 0.0667. The van der Waals surface area contributed by atoms with Gasteiger partial charge in [0.1, 0.15) is 5.71 Å². The SMILES string of the molecule is O=C1Nc2c(Cl)cccc2C1=Nc1cc(C(F)(F)F)ccc1Cl. The number of carbonyl (C=O) groups excluding carboxylic acids is 1. The van der Waals surface area contributed by atoms with Crippen LogP contribution in [0.15, 0.2) is 41.4 Å². The molecule has 0 aliphatic carbocycles. The van der Waals surface area contributed by atoms with E-state index >= 15 is 0 Å². The average molecular weight is 359 g/mol. The van der Waals surface area contributed by atoms with Crippen LogP contribution in [0, 0.1) is 0 Å². The number of anilines is 1. The van der Waals surface area contributed by atoms with E-state index in [4.69, 9.17) is 23.2 Å². The van der Waals surface area contributed by atoms with Gasteiger partial charge in [0.25, 0.3) is 5.91 Å². The lowest BCUT2D eigenvalue weighted by atomic mass is 10.1. The van der Waals surface area contributed by atoms with Crippen molar-refractivity contribution in [1.82, 2.24) is 0 Å². The number of nitrogens with one attached hydrogen (secondary N) is 1. The highest BCUT2D eigenvalue weighted by Gasteiger charge is 2.32. The molecule has 1 aliphatic heterocycles. The molecule has 0 aromatic heterocycles. The Balaban J connectivity index is 2.13. The molecule has 23 heavy (non-hydrogen) atoms. The van der Waals surface area contributed by atoms with Crippen LogP contribution in [0.1, 0.15) is 11.1 Å². The number of rotatable bonds is 1. The van der Waals surface area contributed by atoms with Crippen molar-refractivity contribution in [1.29, 1.82) is 0 Å². The summed E-state index contributed by atoms with van der Waals surface area (Å²) in [5.41, 5.74) is -0.286. The van der Waals surface area contributed by atoms with Gasteiger partial charge in [0, 0.05) is 5.56 Å². The fourth-order valence-corrected chi connectivity index (χ4v) is 2.53. The van der Waals surface area contributed by atoms with Gasteiger partial charge in [-0.05, 0) is 24.3 Å². The van der Waals surface area contributed by atoms with Gasteiger partial charge in [0.2, 0.25) is 0 Å². The average Bonchev–Trinajstić information content (AvgIpc) is 2.78. The normalized spacial score (nSPS) is 15.7. The van der Waals surface area contributed by atoms with Crippen molar-refractivity contribution in [3.8, 4) is 0 Å². The molecule has 0 saturated heterocycles. The Morgan fingerprint density at radius 3 is 2.48 bits per heavy atom. The largest absolute Gasteiger partial charge is 0.416 e. The minimum absolute atomic E-state index is 0.00813. The number of amides is 1. The molecular weight excluding hydrogens is 352 g/mol. The van der Waals surface area contributed by atoms with Crippen molar-refractivity contribution < 1.29 is 18.0 Å². The van der Waals surface area contributed by atoms with Crippen LogP contribution in [0.3, 0.4) is 0 Å². The topological polar surface area (TPSA) is 41.5 Å². The van der Waals surface area contributed by atoms with Crippen LogP contribution < -0.4 is 5.32 Å². The molecule has 3 nitrogen and oxygen atoms in total. The lowest BCUT2D eigenvalue weighted by Crippen LogP contribution is -2.14. The van der Waals surface area contributed by atoms with Crippen LogP contribution in [-0.4, -0.2) is 11.6 Å². The summed E-state index contributed by atoms with van der Waals surface area (Å²) in [5, 5.41) is 2.86. The molecule has 3 rings (SSSR count). The highest BCUT2D eigenvalue weighted by Crippen LogP contribution is 2.37. The van der Waals surface area contributed by atoms with Gasteiger partial charge in [-0.25, -0.2) is 4.99 Å². The highest BCUT2D eigenvalue weighted by atomic mass is 35.5. The summed E-state index contributed by atoms with van der Waals surface area (Å²) in [5.74, 6) is -0.554. The lowest BCUT2D eigenvalue weighted by molar-refractivity contribution is -0.137. The molecule has 118 valence electrons. The van der Waals surface area contributed by atoms with Gasteiger partial charge in [-0.1, -0.05) is 35.3 Å². The maximum atomic E-state index is 12.8. The van der Waals surface area contributed by atoms with E-state index in [0.29, 0.717) is 16.3 Å². The molecule has 2 aromatic rings. The van der Waals surface area contributed by atoms with E-state index in [9.17, 15) is 18.0 Å². The number of halogens is 5. The molecule has 0 bridgehead atoms. The predicted octanol–water partition coefficient (Wildman–Crippen LogP) is 5.09. The monoisotopic (exact) mass is 358 g/mol. The van der Waals surface area contributed by atoms with E-state index in [1.54, 1.807) is 18.2 Å². The Morgan fingerprint density at radius 2 is 1.78 bits per heavy atom. The number of aliphatic imine (C=N–C) groups is 1. The second-order valence-electron chi connectivity index (χ2n) is 4.74. The van der Waals surface area contributed by atoms with Crippen LogP contribution in [0.2, 0.25) is 10.0 Å². The van der Waals surface area contributed by atoms with Crippen LogP contribution in [-0.2, 0) is 11.0 Å². The molecular formula is C15H7Cl2F3N2O. The van der Waals surface area contributed by atoms with Gasteiger partial charge in [0.15, 0.2) is 0 Å². The third kappa shape index (κ3) is 2.92. The third-order valence-corrected chi connectivity index (χ3v) is 3.86. The first kappa shape index (κ1) is 15.8. The second-order valence-corrected chi connectivity index (χ2v) is 5.56. The molecule has 1 N–H and O–H groups in total. The van der Waals surface area contributed by atoms with Gasteiger partial charge in [-0.15, -0.1) is 0 Å². The summed E-state index contributed by atoms with van der Waals surface area (Å²) < 4.78 is 38.4. The standard InChI is InChI=1S/C15H7Cl2F3N2O/c16-9-5-4-7(15(18,19)20)6-11(9)21-13-8-2-1-3-10(17)12(8)22-14(13)23/h1-6H,(H,21,22,23). The van der Waals surface area contributed by atoms with E-state index in [-0.39, 0.29) is 16.4 Å². The summed E-state index contributed by atoms with van der Waals surface area (Å²) in [7, 11) is 0. The van der Waals surface area contributed by atoms with E-state index < -0.39 is 17.6 Å². The maximum absolute atomic E-state index is 12.8. The Hall–Kier alpha value is -2.05. The molecule has 1 heterocycles. The molecule has 0 unspecified atom stereocenters. The summed E-state index contributed by atoms with van der Waals surface area (Å²) in [6.07, 6.45) is -4.53. The number of hydrogen-bond acceptors (Lipinski definition) is 2. The van der Waals surface area contributed by atoms with Crippen molar-refractivity contribution in [2.45, 2.75) is 6.18 Å². The summed E-state index contributed by atoms with van der Waals surface area (Å²) >= 11 is 11.9. The van der Waals surface area contributed by atoms with Gasteiger partial charge in [-0.2, -0.15) is 13.2 Å². The van der Waals surface area contributed by atoms with Crippen molar-refractivity contribution in [3.05, 3.63) is 57.6 Å². The number of fused-ring (bicyclic) bond motifs is 1. The molecule has 1 aliphatic rings. The van der Waals surface area contributed by atoms with Crippen LogP contribution in [0.25, 0.3) is 0 Å². The zero-order valence-electron chi connectivity index (χ0n) is 11.2. The summed E-state index contributed by atoms with van der Waals surface area (Å²) in [6, 6.07) is 7.54. The summed E-state index contributed by atoms with van der Waals surface area (Å²) in [6.45, 7) is 0. The number of nitrogens with zero attached hydrogens (tertiary/aromatic N) is 1. The molecule has 0 spiro atoms. The van der Waals surface area contributed by atoms with Crippen LogP contribution >= 0.6 is 23.2 Å². The van der Waals surface area contributed by atoms with Crippen LogP contribution in [0.5, 0.6) is 0 Å². The molecule has 0 radical (unpaired) electrons. The molecule has 0 atom stereocenters. The predicted molar refractivity (Wildman–Crippen MR) is 82.7 cm³/mol. The Bertz CT molecular complexity index is 847. The zero-order chi connectivity index (χ0) is 16.8. The molecule has 0 fully saturated rings. The number of para-hydroxylation sites is 1. The number of carbonyl (C=O) groups is 1. The first-order valence-corrected chi connectivity index (χ1v) is 7.08. The van der Waals surface area contributed by atoms with Crippen molar-refractivity contribution >= 4 is 46.2 Å². The Kier molecular flexibility index (Phi) is 3.82. The number of hydrogen-bond donors (Lipinski definition) is 1. The van der Waals surface area contributed by atoms with E-state index in [0.717, 1.165) is 18.2 Å². The molecule has 1 amide bonds.